The lowest BCUT2D eigenvalue weighted by atomic mass is 10.1. The molecule has 3 aromatic rings. The third-order valence-corrected chi connectivity index (χ3v) is 5.18. The van der Waals surface area contributed by atoms with Gasteiger partial charge < -0.3 is 4.74 Å². The Morgan fingerprint density at radius 3 is 2.71 bits per heavy atom. The van der Waals surface area contributed by atoms with Crippen LogP contribution in [0.1, 0.15) is 25.1 Å². The van der Waals surface area contributed by atoms with Crippen LogP contribution in [-0.4, -0.2) is 27.3 Å². The molecule has 0 saturated carbocycles. The predicted octanol–water partition coefficient (Wildman–Crippen LogP) is 4.75. The SMILES string of the molecule is CCC(=O)N1c2ccc(Cl)cc2-c2nnc(SC)nc2O[C@@H]1c1ccccc1. The van der Waals surface area contributed by atoms with Crippen molar-refractivity contribution in [2.45, 2.75) is 24.7 Å². The van der Waals surface area contributed by atoms with Crippen molar-refractivity contribution in [2.24, 2.45) is 0 Å². The molecule has 28 heavy (non-hydrogen) atoms. The molecule has 0 saturated heterocycles. The maximum atomic E-state index is 13.0. The van der Waals surface area contributed by atoms with Crippen LogP contribution in [0.4, 0.5) is 5.69 Å². The van der Waals surface area contributed by atoms with Crippen molar-refractivity contribution in [1.29, 1.82) is 0 Å². The van der Waals surface area contributed by atoms with Gasteiger partial charge in [-0.15, -0.1) is 10.2 Å². The number of hydrogen-bond acceptors (Lipinski definition) is 6. The topological polar surface area (TPSA) is 68.2 Å². The normalized spacial score (nSPS) is 15.2. The third-order valence-electron chi connectivity index (χ3n) is 4.40. The van der Waals surface area contributed by atoms with Crippen molar-refractivity contribution >= 4 is 35.0 Å². The van der Waals surface area contributed by atoms with Crippen molar-refractivity contribution in [3.8, 4) is 17.1 Å². The maximum absolute atomic E-state index is 13.0. The fourth-order valence-electron chi connectivity index (χ4n) is 3.10. The highest BCUT2D eigenvalue weighted by molar-refractivity contribution is 7.98. The Hall–Kier alpha value is -2.64. The van der Waals surface area contributed by atoms with Gasteiger partial charge in [0.1, 0.15) is 0 Å². The maximum Gasteiger partial charge on any atom is 0.247 e. The number of anilines is 1. The van der Waals surface area contributed by atoms with E-state index < -0.39 is 6.23 Å². The number of amides is 1. The monoisotopic (exact) mass is 412 g/mol. The summed E-state index contributed by atoms with van der Waals surface area (Å²) in [5, 5.41) is 9.49. The summed E-state index contributed by atoms with van der Waals surface area (Å²) in [5.41, 5.74) is 2.62. The predicted molar refractivity (Wildman–Crippen MR) is 110 cm³/mol. The summed E-state index contributed by atoms with van der Waals surface area (Å²) in [4.78, 5) is 19.1. The van der Waals surface area contributed by atoms with Gasteiger partial charge in [-0.25, -0.2) is 0 Å². The molecule has 6 nitrogen and oxygen atoms in total. The van der Waals surface area contributed by atoms with Gasteiger partial charge in [-0.2, -0.15) is 4.98 Å². The lowest BCUT2D eigenvalue weighted by Gasteiger charge is -2.30. The first-order valence-corrected chi connectivity index (χ1v) is 10.3. The molecule has 0 bridgehead atoms. The molecule has 8 heteroatoms. The number of thioether (sulfide) groups is 1. The third kappa shape index (κ3) is 3.31. The van der Waals surface area contributed by atoms with Crippen LogP contribution in [0.25, 0.3) is 11.3 Å². The zero-order valence-corrected chi connectivity index (χ0v) is 16.9. The molecule has 2 aromatic carbocycles. The highest BCUT2D eigenvalue weighted by atomic mass is 35.5. The summed E-state index contributed by atoms with van der Waals surface area (Å²) in [6.45, 7) is 1.82. The van der Waals surface area contributed by atoms with Crippen LogP contribution in [0.15, 0.2) is 53.7 Å². The summed E-state index contributed by atoms with van der Waals surface area (Å²) in [7, 11) is 0. The Bertz CT molecular complexity index is 1030. The van der Waals surface area contributed by atoms with Crippen LogP contribution < -0.4 is 9.64 Å². The fourth-order valence-corrected chi connectivity index (χ4v) is 3.57. The first kappa shape index (κ1) is 18.7. The fraction of sp³-hybridized carbons (Fsp3) is 0.200. The van der Waals surface area contributed by atoms with Crippen molar-refractivity contribution in [3.05, 3.63) is 59.1 Å². The van der Waals surface area contributed by atoms with Gasteiger partial charge in [0.15, 0.2) is 5.69 Å². The number of hydrogen-bond donors (Lipinski definition) is 0. The van der Waals surface area contributed by atoms with Gasteiger partial charge in [0.05, 0.1) is 5.69 Å². The number of rotatable bonds is 3. The van der Waals surface area contributed by atoms with E-state index in [1.54, 1.807) is 17.0 Å². The molecule has 1 aromatic heterocycles. The van der Waals surface area contributed by atoms with Gasteiger partial charge in [0, 0.05) is 22.6 Å². The average molecular weight is 413 g/mol. The first-order chi connectivity index (χ1) is 13.6. The van der Waals surface area contributed by atoms with Gasteiger partial charge in [0.25, 0.3) is 0 Å². The molecule has 1 aliphatic heterocycles. The van der Waals surface area contributed by atoms with E-state index in [4.69, 9.17) is 16.3 Å². The lowest BCUT2D eigenvalue weighted by molar-refractivity contribution is -0.120. The molecule has 4 rings (SSSR count). The smallest absolute Gasteiger partial charge is 0.247 e. The second-order valence-corrected chi connectivity index (χ2v) is 7.32. The van der Waals surface area contributed by atoms with E-state index in [0.717, 1.165) is 5.56 Å². The summed E-state index contributed by atoms with van der Waals surface area (Å²) in [5.74, 6) is 0.242. The minimum atomic E-state index is -0.679. The van der Waals surface area contributed by atoms with Gasteiger partial charge >= 0.3 is 0 Å². The van der Waals surface area contributed by atoms with E-state index in [0.29, 0.717) is 39.4 Å². The van der Waals surface area contributed by atoms with Crippen LogP contribution in [0, 0.1) is 0 Å². The number of ether oxygens (including phenoxy) is 1. The van der Waals surface area contributed by atoms with Crippen LogP contribution in [0.2, 0.25) is 5.02 Å². The van der Waals surface area contributed by atoms with E-state index in [-0.39, 0.29) is 5.91 Å². The van der Waals surface area contributed by atoms with Gasteiger partial charge in [-0.1, -0.05) is 60.6 Å². The second-order valence-electron chi connectivity index (χ2n) is 6.11. The summed E-state index contributed by atoms with van der Waals surface area (Å²) >= 11 is 7.62. The zero-order valence-electron chi connectivity index (χ0n) is 15.3. The quantitative estimate of drug-likeness (QED) is 0.578. The number of carbonyl (C=O) groups excluding carboxylic acids is 1. The van der Waals surface area contributed by atoms with E-state index in [1.807, 2.05) is 49.6 Å². The second kappa shape index (κ2) is 7.77. The number of halogens is 1. The van der Waals surface area contributed by atoms with Crippen LogP contribution >= 0.6 is 23.4 Å². The molecule has 142 valence electrons. The average Bonchev–Trinajstić information content (AvgIpc) is 2.87. The molecular weight excluding hydrogens is 396 g/mol. The van der Waals surface area contributed by atoms with Crippen molar-refractivity contribution in [3.63, 3.8) is 0 Å². The van der Waals surface area contributed by atoms with Crippen LogP contribution in [0.5, 0.6) is 5.88 Å². The summed E-state index contributed by atoms with van der Waals surface area (Å²) in [6, 6.07) is 14.9. The van der Waals surface area contributed by atoms with Crippen LogP contribution in [-0.2, 0) is 4.79 Å². The zero-order chi connectivity index (χ0) is 19.7. The van der Waals surface area contributed by atoms with E-state index in [2.05, 4.69) is 15.2 Å². The number of carbonyl (C=O) groups is 1. The number of benzene rings is 2. The Labute approximate surface area is 171 Å². The number of fused-ring (bicyclic) bond motifs is 3. The van der Waals surface area contributed by atoms with Crippen molar-refractivity contribution in [1.82, 2.24) is 15.2 Å². The lowest BCUT2D eigenvalue weighted by Crippen LogP contribution is -2.37. The van der Waals surface area contributed by atoms with E-state index in [1.165, 1.54) is 11.8 Å². The minimum absolute atomic E-state index is 0.0803. The molecule has 0 spiro atoms. The molecule has 0 fully saturated rings. The Balaban J connectivity index is 2.00. The molecule has 0 aliphatic carbocycles. The Kier molecular flexibility index (Phi) is 5.19. The molecule has 0 radical (unpaired) electrons. The standard InChI is InChI=1S/C20H17ClN4O2S/c1-3-16(26)25-15-10-9-13(21)11-14(15)17-18(22-20(28-2)24-23-17)27-19(25)12-7-5-4-6-8-12/h4-11,19H,3H2,1-2H3/t19-/m1/s1. The summed E-state index contributed by atoms with van der Waals surface area (Å²) in [6.07, 6.45) is 1.51. The molecule has 0 unspecified atom stereocenters. The highest BCUT2D eigenvalue weighted by Crippen LogP contribution is 2.44. The van der Waals surface area contributed by atoms with E-state index >= 15 is 0 Å². The van der Waals surface area contributed by atoms with Crippen molar-refractivity contribution < 1.29 is 9.53 Å². The minimum Gasteiger partial charge on any atom is -0.447 e. The molecule has 2 heterocycles. The molecule has 1 amide bonds. The molecule has 0 N–H and O–H groups in total. The van der Waals surface area contributed by atoms with Crippen molar-refractivity contribution in [2.75, 3.05) is 11.2 Å². The van der Waals surface area contributed by atoms with Gasteiger partial charge in [0.2, 0.25) is 23.2 Å². The van der Waals surface area contributed by atoms with Gasteiger partial charge in [-0.3, -0.25) is 9.69 Å². The van der Waals surface area contributed by atoms with E-state index in [9.17, 15) is 4.79 Å². The molecule has 1 atom stereocenters. The molecular formula is C20H17ClN4O2S. The Morgan fingerprint density at radius 2 is 2.00 bits per heavy atom. The highest BCUT2D eigenvalue weighted by Gasteiger charge is 2.35. The summed E-state index contributed by atoms with van der Waals surface area (Å²) < 4.78 is 6.28. The van der Waals surface area contributed by atoms with Crippen LogP contribution in [0.3, 0.4) is 0 Å². The number of aromatic nitrogens is 3. The Morgan fingerprint density at radius 1 is 1.21 bits per heavy atom. The molecule has 1 aliphatic rings. The van der Waals surface area contributed by atoms with Gasteiger partial charge in [-0.05, 0) is 24.5 Å². The number of nitrogens with zero attached hydrogens (tertiary/aromatic N) is 4. The largest absolute Gasteiger partial charge is 0.447 e. The first-order valence-electron chi connectivity index (χ1n) is 8.74.